The molecule has 0 aromatic carbocycles. The lowest BCUT2D eigenvalue weighted by atomic mass is 9.61. The maximum absolute atomic E-state index is 8.60. The van der Waals surface area contributed by atoms with Crippen molar-refractivity contribution in [3.63, 3.8) is 0 Å². The molecule has 1 saturated carbocycles. The van der Waals surface area contributed by atoms with Crippen molar-refractivity contribution in [2.45, 2.75) is 32.3 Å². The molecule has 1 aliphatic heterocycles. The fraction of sp³-hybridized carbons (Fsp3) is 0.889. The third kappa shape index (κ3) is 1.04. The predicted octanol–water partition coefficient (Wildman–Crippen LogP) is 1.72. The number of nitrogens with zero attached hydrogens (tertiary/aromatic N) is 1. The van der Waals surface area contributed by atoms with Crippen LogP contribution >= 0.6 is 0 Å². The van der Waals surface area contributed by atoms with Gasteiger partial charge in [-0.15, -0.1) is 0 Å². The van der Waals surface area contributed by atoms with E-state index in [0.717, 1.165) is 19.4 Å². The molecule has 1 spiro atoms. The van der Waals surface area contributed by atoms with Gasteiger partial charge in [0.25, 0.3) is 0 Å². The van der Waals surface area contributed by atoms with Crippen LogP contribution in [0.15, 0.2) is 0 Å². The van der Waals surface area contributed by atoms with Gasteiger partial charge < -0.3 is 4.74 Å². The topological polar surface area (TPSA) is 33.0 Å². The Morgan fingerprint density at radius 2 is 2.18 bits per heavy atom. The highest BCUT2D eigenvalue weighted by atomic mass is 16.5. The number of rotatable bonds is 0. The first kappa shape index (κ1) is 7.12. The normalized spacial score (nSPS) is 48.7. The molecule has 2 nitrogen and oxygen atoms in total. The number of ether oxygens (including phenoxy) is 1. The van der Waals surface area contributed by atoms with E-state index in [0.29, 0.717) is 17.4 Å². The first-order valence-electron chi connectivity index (χ1n) is 4.25. The fourth-order valence-corrected chi connectivity index (χ4v) is 2.41. The summed E-state index contributed by atoms with van der Waals surface area (Å²) in [5, 5.41) is 8.60. The Morgan fingerprint density at radius 3 is 2.64 bits per heavy atom. The minimum atomic E-state index is 0.323. The second kappa shape index (κ2) is 2.22. The molecule has 2 aliphatic rings. The lowest BCUT2D eigenvalue weighted by Crippen LogP contribution is -2.36. The molecule has 1 saturated heterocycles. The van der Waals surface area contributed by atoms with Gasteiger partial charge in [-0.3, -0.25) is 0 Å². The molecule has 11 heavy (non-hydrogen) atoms. The standard InChI is InChI=1S/C9H13NO/c1-7-2-9(6-11-7)3-8(4-9)5-10/h7-8H,2-4,6H2,1H3. The van der Waals surface area contributed by atoms with Crippen molar-refractivity contribution in [2.24, 2.45) is 11.3 Å². The van der Waals surface area contributed by atoms with E-state index < -0.39 is 0 Å². The van der Waals surface area contributed by atoms with Crippen LogP contribution < -0.4 is 0 Å². The molecule has 1 unspecified atom stereocenters. The molecular formula is C9H13NO. The van der Waals surface area contributed by atoms with Gasteiger partial charge in [0.1, 0.15) is 0 Å². The summed E-state index contributed by atoms with van der Waals surface area (Å²) in [6.07, 6.45) is 3.75. The quantitative estimate of drug-likeness (QED) is 0.528. The summed E-state index contributed by atoms with van der Waals surface area (Å²) < 4.78 is 5.49. The summed E-state index contributed by atoms with van der Waals surface area (Å²) in [6, 6.07) is 2.31. The number of nitriles is 1. The van der Waals surface area contributed by atoms with E-state index in [1.165, 1.54) is 6.42 Å². The van der Waals surface area contributed by atoms with Gasteiger partial charge in [0, 0.05) is 5.92 Å². The molecule has 1 aliphatic carbocycles. The second-order valence-corrected chi connectivity index (χ2v) is 4.06. The molecule has 0 radical (unpaired) electrons. The molecule has 0 bridgehead atoms. The monoisotopic (exact) mass is 151 g/mol. The van der Waals surface area contributed by atoms with Gasteiger partial charge in [0.05, 0.1) is 18.8 Å². The first-order chi connectivity index (χ1) is 5.24. The number of hydrogen-bond acceptors (Lipinski definition) is 2. The van der Waals surface area contributed by atoms with Crippen molar-refractivity contribution in [3.05, 3.63) is 0 Å². The molecule has 2 heteroatoms. The van der Waals surface area contributed by atoms with Gasteiger partial charge in [0.2, 0.25) is 0 Å². The van der Waals surface area contributed by atoms with Crippen molar-refractivity contribution in [1.29, 1.82) is 5.26 Å². The fourth-order valence-electron chi connectivity index (χ4n) is 2.41. The van der Waals surface area contributed by atoms with Crippen LogP contribution in [-0.4, -0.2) is 12.7 Å². The Morgan fingerprint density at radius 1 is 1.45 bits per heavy atom. The third-order valence-corrected chi connectivity index (χ3v) is 2.94. The van der Waals surface area contributed by atoms with Crippen molar-refractivity contribution >= 4 is 0 Å². The Kier molecular flexibility index (Phi) is 1.43. The van der Waals surface area contributed by atoms with Gasteiger partial charge in [-0.2, -0.15) is 5.26 Å². The van der Waals surface area contributed by atoms with Crippen molar-refractivity contribution in [2.75, 3.05) is 6.61 Å². The van der Waals surface area contributed by atoms with Gasteiger partial charge in [-0.25, -0.2) is 0 Å². The largest absolute Gasteiger partial charge is 0.378 e. The van der Waals surface area contributed by atoms with Crippen LogP contribution in [-0.2, 0) is 4.74 Å². The lowest BCUT2D eigenvalue weighted by molar-refractivity contribution is 0.0530. The molecule has 0 aromatic rings. The zero-order chi connectivity index (χ0) is 7.90. The summed E-state index contributed by atoms with van der Waals surface area (Å²) in [7, 11) is 0. The van der Waals surface area contributed by atoms with E-state index in [2.05, 4.69) is 13.0 Å². The Bertz CT molecular complexity index is 200. The Labute approximate surface area is 67.2 Å². The molecule has 1 atom stereocenters. The Hall–Kier alpha value is -0.550. The highest BCUT2D eigenvalue weighted by molar-refractivity contribution is 5.05. The summed E-state index contributed by atoms with van der Waals surface area (Å²) in [4.78, 5) is 0. The van der Waals surface area contributed by atoms with Gasteiger partial charge >= 0.3 is 0 Å². The van der Waals surface area contributed by atoms with Gasteiger partial charge in [-0.1, -0.05) is 0 Å². The first-order valence-corrected chi connectivity index (χ1v) is 4.25. The summed E-state index contributed by atoms with van der Waals surface area (Å²) >= 11 is 0. The van der Waals surface area contributed by atoms with Crippen molar-refractivity contribution in [1.82, 2.24) is 0 Å². The highest BCUT2D eigenvalue weighted by Gasteiger charge is 2.48. The van der Waals surface area contributed by atoms with Gasteiger partial charge in [0.15, 0.2) is 0 Å². The minimum absolute atomic E-state index is 0.323. The SMILES string of the molecule is CC1CC2(CO1)CC(C#N)C2. The Balaban J connectivity index is 1.93. The predicted molar refractivity (Wildman–Crippen MR) is 40.8 cm³/mol. The van der Waals surface area contributed by atoms with Crippen LogP contribution in [0.4, 0.5) is 0 Å². The van der Waals surface area contributed by atoms with Crippen molar-refractivity contribution in [3.8, 4) is 6.07 Å². The van der Waals surface area contributed by atoms with E-state index in [1.807, 2.05) is 0 Å². The lowest BCUT2D eigenvalue weighted by Gasteiger charge is -2.40. The second-order valence-electron chi connectivity index (χ2n) is 4.06. The summed E-state index contributed by atoms with van der Waals surface area (Å²) in [5.41, 5.74) is 0.416. The zero-order valence-electron chi connectivity index (χ0n) is 6.84. The van der Waals surface area contributed by atoms with E-state index in [4.69, 9.17) is 10.00 Å². The van der Waals surface area contributed by atoms with E-state index in [-0.39, 0.29) is 0 Å². The van der Waals surface area contributed by atoms with Crippen LogP contribution in [0.3, 0.4) is 0 Å². The van der Waals surface area contributed by atoms with Crippen LogP contribution in [0.1, 0.15) is 26.2 Å². The molecule has 2 rings (SSSR count). The summed E-state index contributed by atoms with van der Waals surface area (Å²) in [6.45, 7) is 3.01. The molecule has 0 amide bonds. The average molecular weight is 151 g/mol. The third-order valence-electron chi connectivity index (χ3n) is 2.94. The van der Waals surface area contributed by atoms with Crippen LogP contribution in [0.25, 0.3) is 0 Å². The minimum Gasteiger partial charge on any atom is -0.378 e. The van der Waals surface area contributed by atoms with E-state index in [1.54, 1.807) is 0 Å². The van der Waals surface area contributed by atoms with E-state index >= 15 is 0 Å². The van der Waals surface area contributed by atoms with Crippen LogP contribution in [0, 0.1) is 22.7 Å². The maximum Gasteiger partial charge on any atom is 0.0656 e. The molecule has 1 heterocycles. The van der Waals surface area contributed by atoms with Crippen LogP contribution in [0.5, 0.6) is 0 Å². The number of hydrogen-bond donors (Lipinski definition) is 0. The van der Waals surface area contributed by atoms with Crippen molar-refractivity contribution < 1.29 is 4.74 Å². The smallest absolute Gasteiger partial charge is 0.0656 e. The zero-order valence-corrected chi connectivity index (χ0v) is 6.84. The molecule has 0 aromatic heterocycles. The molecule has 60 valence electrons. The van der Waals surface area contributed by atoms with Gasteiger partial charge in [-0.05, 0) is 31.6 Å². The molecule has 0 N–H and O–H groups in total. The molecule has 2 fully saturated rings. The van der Waals surface area contributed by atoms with Crippen LogP contribution in [0.2, 0.25) is 0 Å². The average Bonchev–Trinajstić information content (AvgIpc) is 2.28. The highest BCUT2D eigenvalue weighted by Crippen LogP contribution is 2.52. The molecular weight excluding hydrogens is 138 g/mol. The summed E-state index contributed by atoms with van der Waals surface area (Å²) in [5.74, 6) is 0.323. The maximum atomic E-state index is 8.60. The van der Waals surface area contributed by atoms with E-state index in [9.17, 15) is 0 Å².